The first kappa shape index (κ1) is 14.2. The molecule has 2 aromatic carbocycles. The molecule has 2 aromatic rings. The fourth-order valence-corrected chi connectivity index (χ4v) is 3.44. The van der Waals surface area contributed by atoms with Crippen molar-refractivity contribution in [3.05, 3.63) is 65.2 Å². The molecule has 1 heterocycles. The van der Waals surface area contributed by atoms with Crippen molar-refractivity contribution < 1.29 is 5.11 Å². The number of phenols is 1. The first-order chi connectivity index (χ1) is 10.3. The zero-order valence-electron chi connectivity index (χ0n) is 12.6. The number of fused-ring (bicyclic) bond motifs is 1. The number of hydrogen-bond acceptors (Lipinski definition) is 2. The molecule has 0 radical (unpaired) electrons. The first-order valence-corrected chi connectivity index (χ1v) is 7.88. The van der Waals surface area contributed by atoms with Crippen LogP contribution in [0.25, 0.3) is 0 Å². The second-order valence-electron chi connectivity index (χ2n) is 5.83. The Kier molecular flexibility index (Phi) is 4.26. The van der Waals surface area contributed by atoms with Crippen molar-refractivity contribution in [1.82, 2.24) is 4.90 Å². The molecule has 0 fully saturated rings. The number of phenolic OH excluding ortho intramolecular Hbond substituents is 1. The molecule has 21 heavy (non-hydrogen) atoms. The van der Waals surface area contributed by atoms with Crippen LogP contribution in [-0.4, -0.2) is 16.6 Å². The molecule has 0 saturated heterocycles. The van der Waals surface area contributed by atoms with E-state index >= 15 is 0 Å². The van der Waals surface area contributed by atoms with Crippen LogP contribution in [0.1, 0.15) is 42.5 Å². The molecule has 0 aliphatic carbocycles. The third-order valence-electron chi connectivity index (χ3n) is 4.51. The second-order valence-corrected chi connectivity index (χ2v) is 5.83. The van der Waals surface area contributed by atoms with Crippen molar-refractivity contribution in [1.29, 1.82) is 0 Å². The van der Waals surface area contributed by atoms with Gasteiger partial charge in [-0.1, -0.05) is 49.4 Å². The van der Waals surface area contributed by atoms with Crippen LogP contribution in [0.3, 0.4) is 0 Å². The van der Waals surface area contributed by atoms with Crippen LogP contribution in [0.5, 0.6) is 5.75 Å². The minimum absolute atomic E-state index is 0.289. The Morgan fingerprint density at radius 3 is 2.52 bits per heavy atom. The molecule has 1 N–H and O–H groups in total. The summed E-state index contributed by atoms with van der Waals surface area (Å²) >= 11 is 0. The van der Waals surface area contributed by atoms with Gasteiger partial charge in [-0.25, -0.2) is 0 Å². The Labute approximate surface area is 127 Å². The maximum absolute atomic E-state index is 10.2. The maximum atomic E-state index is 10.2. The van der Waals surface area contributed by atoms with Gasteiger partial charge in [0.05, 0.1) is 0 Å². The smallest absolute Gasteiger partial charge is 0.120 e. The van der Waals surface area contributed by atoms with Gasteiger partial charge in [-0.2, -0.15) is 0 Å². The normalized spacial score (nSPS) is 17.0. The summed E-state index contributed by atoms with van der Waals surface area (Å²) in [6.07, 6.45) is 3.35. The summed E-state index contributed by atoms with van der Waals surface area (Å²) < 4.78 is 0. The van der Waals surface area contributed by atoms with E-state index in [1.54, 1.807) is 6.07 Å². The van der Waals surface area contributed by atoms with Crippen LogP contribution in [0, 0.1) is 0 Å². The molecule has 110 valence electrons. The highest BCUT2D eigenvalue weighted by molar-refractivity contribution is 5.35. The monoisotopic (exact) mass is 281 g/mol. The predicted molar refractivity (Wildman–Crippen MR) is 86.3 cm³/mol. The van der Waals surface area contributed by atoms with Crippen LogP contribution < -0.4 is 0 Å². The third-order valence-corrected chi connectivity index (χ3v) is 4.51. The zero-order chi connectivity index (χ0) is 14.7. The molecule has 0 bridgehead atoms. The van der Waals surface area contributed by atoms with Crippen molar-refractivity contribution in [2.45, 2.75) is 38.8 Å². The molecule has 1 unspecified atom stereocenters. The maximum Gasteiger partial charge on any atom is 0.120 e. The number of rotatable bonds is 3. The summed E-state index contributed by atoms with van der Waals surface area (Å²) in [6, 6.07) is 16.8. The number of nitrogens with zero attached hydrogens (tertiary/aromatic N) is 1. The molecule has 0 spiro atoms. The topological polar surface area (TPSA) is 23.5 Å². The molecular formula is C19H23NO. The van der Waals surface area contributed by atoms with Crippen LogP contribution in [0.2, 0.25) is 0 Å². The van der Waals surface area contributed by atoms with E-state index < -0.39 is 0 Å². The van der Waals surface area contributed by atoms with Gasteiger partial charge < -0.3 is 5.11 Å². The minimum atomic E-state index is 0.289. The lowest BCUT2D eigenvalue weighted by molar-refractivity contribution is 0.183. The average Bonchev–Trinajstić information content (AvgIpc) is 2.72. The molecular weight excluding hydrogens is 258 g/mol. The van der Waals surface area contributed by atoms with Gasteiger partial charge in [0.25, 0.3) is 0 Å². The SMILES string of the molecule is CCC(c1ccccc1O)N1CCCc2ccccc2C1. The lowest BCUT2D eigenvalue weighted by Gasteiger charge is -2.31. The van der Waals surface area contributed by atoms with Gasteiger partial charge in [0.1, 0.15) is 5.75 Å². The van der Waals surface area contributed by atoms with Gasteiger partial charge in [-0.05, 0) is 43.0 Å². The Morgan fingerprint density at radius 1 is 1.05 bits per heavy atom. The van der Waals surface area contributed by atoms with Crippen molar-refractivity contribution in [3.63, 3.8) is 0 Å². The van der Waals surface area contributed by atoms with Crippen molar-refractivity contribution in [2.75, 3.05) is 6.54 Å². The molecule has 2 nitrogen and oxygen atoms in total. The van der Waals surface area contributed by atoms with Gasteiger partial charge in [-0.15, -0.1) is 0 Å². The molecule has 1 atom stereocenters. The fraction of sp³-hybridized carbons (Fsp3) is 0.368. The highest BCUT2D eigenvalue weighted by atomic mass is 16.3. The molecule has 3 rings (SSSR count). The van der Waals surface area contributed by atoms with E-state index in [1.165, 1.54) is 17.5 Å². The van der Waals surface area contributed by atoms with Gasteiger partial charge in [0.2, 0.25) is 0 Å². The fourth-order valence-electron chi connectivity index (χ4n) is 3.44. The molecule has 0 aromatic heterocycles. The van der Waals surface area contributed by atoms with Crippen LogP contribution in [0.4, 0.5) is 0 Å². The van der Waals surface area contributed by atoms with Crippen LogP contribution in [-0.2, 0) is 13.0 Å². The Hall–Kier alpha value is -1.80. The number of para-hydroxylation sites is 1. The number of aryl methyl sites for hydroxylation is 1. The molecule has 0 saturated carbocycles. The number of benzene rings is 2. The summed E-state index contributed by atoms with van der Waals surface area (Å²) in [5.41, 5.74) is 3.97. The highest BCUT2D eigenvalue weighted by Gasteiger charge is 2.23. The van der Waals surface area contributed by atoms with E-state index in [1.807, 2.05) is 12.1 Å². The Morgan fingerprint density at radius 2 is 1.76 bits per heavy atom. The quantitative estimate of drug-likeness (QED) is 0.907. The van der Waals surface area contributed by atoms with Gasteiger partial charge in [0.15, 0.2) is 0 Å². The molecule has 1 aliphatic heterocycles. The van der Waals surface area contributed by atoms with Crippen molar-refractivity contribution >= 4 is 0 Å². The summed E-state index contributed by atoms with van der Waals surface area (Å²) in [5, 5.41) is 10.2. The summed E-state index contributed by atoms with van der Waals surface area (Å²) in [6.45, 7) is 4.26. The van der Waals surface area contributed by atoms with Crippen LogP contribution >= 0.6 is 0 Å². The molecule has 2 heteroatoms. The number of aromatic hydroxyl groups is 1. The number of hydrogen-bond donors (Lipinski definition) is 1. The minimum Gasteiger partial charge on any atom is -0.508 e. The summed E-state index contributed by atoms with van der Waals surface area (Å²) in [4.78, 5) is 2.51. The van der Waals surface area contributed by atoms with E-state index in [0.29, 0.717) is 5.75 Å². The highest BCUT2D eigenvalue weighted by Crippen LogP contribution is 2.33. The molecule has 1 aliphatic rings. The van der Waals surface area contributed by atoms with Crippen molar-refractivity contribution in [2.24, 2.45) is 0 Å². The lowest BCUT2D eigenvalue weighted by atomic mass is 10.0. The van der Waals surface area contributed by atoms with Crippen molar-refractivity contribution in [3.8, 4) is 5.75 Å². The largest absolute Gasteiger partial charge is 0.508 e. The Balaban J connectivity index is 1.90. The first-order valence-electron chi connectivity index (χ1n) is 7.88. The molecule has 0 amide bonds. The van der Waals surface area contributed by atoms with Gasteiger partial charge in [0, 0.05) is 18.2 Å². The standard InChI is InChI=1S/C19H23NO/c1-2-18(17-11-5-6-12-19(17)21)20-13-7-10-15-8-3-4-9-16(15)14-20/h3-6,8-9,11-12,18,21H,2,7,10,13-14H2,1H3. The van der Waals surface area contributed by atoms with E-state index in [0.717, 1.165) is 31.5 Å². The third kappa shape index (κ3) is 2.96. The van der Waals surface area contributed by atoms with Gasteiger partial charge in [-0.3, -0.25) is 4.90 Å². The van der Waals surface area contributed by atoms with E-state index in [9.17, 15) is 5.11 Å². The van der Waals surface area contributed by atoms with E-state index in [4.69, 9.17) is 0 Å². The summed E-state index contributed by atoms with van der Waals surface area (Å²) in [7, 11) is 0. The van der Waals surface area contributed by atoms with Gasteiger partial charge >= 0.3 is 0 Å². The lowest BCUT2D eigenvalue weighted by Crippen LogP contribution is -2.28. The van der Waals surface area contributed by atoms with E-state index in [2.05, 4.69) is 42.2 Å². The second kappa shape index (κ2) is 6.31. The van der Waals surface area contributed by atoms with E-state index in [-0.39, 0.29) is 6.04 Å². The summed E-state index contributed by atoms with van der Waals surface area (Å²) in [5.74, 6) is 0.418. The predicted octanol–water partition coefficient (Wildman–Crippen LogP) is 4.29. The Bertz CT molecular complexity index is 608. The van der Waals surface area contributed by atoms with Crippen LogP contribution in [0.15, 0.2) is 48.5 Å². The zero-order valence-corrected chi connectivity index (χ0v) is 12.6. The average molecular weight is 281 g/mol.